The van der Waals surface area contributed by atoms with Crippen LogP contribution in [0.5, 0.6) is 0 Å². The number of ether oxygens (including phenoxy) is 1. The van der Waals surface area contributed by atoms with E-state index in [-0.39, 0.29) is 48.8 Å². The first-order chi connectivity index (χ1) is 21.8. The van der Waals surface area contributed by atoms with Gasteiger partial charge in [-0.05, 0) is 61.8 Å². The Bertz CT molecular complexity index is 1360. The Kier molecular flexibility index (Phi) is 11.8. The van der Waals surface area contributed by atoms with Gasteiger partial charge in [-0.2, -0.15) is 0 Å². The quantitative estimate of drug-likeness (QED) is 0.205. The maximum absolute atomic E-state index is 14.1. The lowest BCUT2D eigenvalue weighted by Crippen LogP contribution is -2.60. The van der Waals surface area contributed by atoms with Crippen molar-refractivity contribution in [3.8, 4) is 0 Å². The summed E-state index contributed by atoms with van der Waals surface area (Å²) in [6.07, 6.45) is 1.63. The highest BCUT2D eigenvalue weighted by Gasteiger charge is 2.70. The predicted octanol–water partition coefficient (Wildman–Crippen LogP) is 3.75. The number of carbonyl (C=O) groups is 6. The first-order valence-corrected chi connectivity index (χ1v) is 16.4. The molecular formula is C36H52N4O7. The van der Waals surface area contributed by atoms with E-state index in [2.05, 4.69) is 22.5 Å². The van der Waals surface area contributed by atoms with Crippen molar-refractivity contribution in [2.45, 2.75) is 105 Å². The Labute approximate surface area is 278 Å². The Morgan fingerprint density at radius 3 is 2.23 bits per heavy atom. The summed E-state index contributed by atoms with van der Waals surface area (Å²) in [5.74, 6) is -2.87. The van der Waals surface area contributed by atoms with Gasteiger partial charge in [0.2, 0.25) is 17.6 Å². The number of nitrogens with zero attached hydrogens (tertiary/aromatic N) is 1. The third-order valence-corrected chi connectivity index (χ3v) is 8.98. The molecule has 11 nitrogen and oxygen atoms in total. The molecule has 2 fully saturated rings. The van der Waals surface area contributed by atoms with Crippen LogP contribution in [0.3, 0.4) is 0 Å². The van der Waals surface area contributed by atoms with Gasteiger partial charge >= 0.3 is 6.09 Å². The van der Waals surface area contributed by atoms with Crippen LogP contribution in [0.15, 0.2) is 43.0 Å². The maximum Gasteiger partial charge on any atom is 0.408 e. The number of alkyl carbamates (subject to hydrolysis) is 1. The Hall–Kier alpha value is -4.02. The van der Waals surface area contributed by atoms with Crippen molar-refractivity contribution in [1.82, 2.24) is 20.9 Å². The van der Waals surface area contributed by atoms with E-state index in [9.17, 15) is 28.8 Å². The molecule has 258 valence electrons. The fraction of sp³-hybridized carbons (Fsp3) is 0.611. The first-order valence-electron chi connectivity index (χ1n) is 16.4. The van der Waals surface area contributed by atoms with E-state index in [1.54, 1.807) is 26.8 Å². The molecule has 1 heterocycles. The van der Waals surface area contributed by atoms with E-state index in [0.29, 0.717) is 13.0 Å². The number of nitrogens with one attached hydrogen (secondary N) is 3. The van der Waals surface area contributed by atoms with Gasteiger partial charge in [0.1, 0.15) is 23.5 Å². The summed E-state index contributed by atoms with van der Waals surface area (Å²) in [6, 6.07) is 6.20. The summed E-state index contributed by atoms with van der Waals surface area (Å²) in [4.78, 5) is 80.8. The number of allylic oxidation sites excluding steroid dienone is 1. The fourth-order valence-electron chi connectivity index (χ4n) is 6.34. The number of ketones is 2. The zero-order chi connectivity index (χ0) is 35.3. The highest BCUT2D eigenvalue weighted by Crippen LogP contribution is 2.65. The third kappa shape index (κ3) is 9.74. The maximum atomic E-state index is 14.1. The third-order valence-electron chi connectivity index (χ3n) is 8.98. The molecule has 0 radical (unpaired) electrons. The van der Waals surface area contributed by atoms with E-state index < -0.39 is 58.7 Å². The predicted molar refractivity (Wildman–Crippen MR) is 178 cm³/mol. The van der Waals surface area contributed by atoms with Gasteiger partial charge in [0, 0.05) is 25.9 Å². The number of likely N-dealkylation sites (tertiary alicyclic amines) is 1. The number of rotatable bonds is 14. The van der Waals surface area contributed by atoms with E-state index >= 15 is 0 Å². The second kappa shape index (κ2) is 14.8. The van der Waals surface area contributed by atoms with Crippen LogP contribution in [0, 0.1) is 22.7 Å². The van der Waals surface area contributed by atoms with Gasteiger partial charge in [-0.15, -0.1) is 6.58 Å². The van der Waals surface area contributed by atoms with Crippen molar-refractivity contribution in [2.75, 3.05) is 13.1 Å². The highest BCUT2D eigenvalue weighted by atomic mass is 16.6. The molecule has 5 atom stereocenters. The summed E-state index contributed by atoms with van der Waals surface area (Å²) in [5.41, 5.74) is -0.824. The second-order valence-corrected chi connectivity index (χ2v) is 15.3. The number of hydrogen-bond donors (Lipinski definition) is 3. The van der Waals surface area contributed by atoms with Crippen LogP contribution >= 0.6 is 0 Å². The standard InChI is InChI=1S/C36H52N4O7/c1-10-11-17-25(28(42)31(44)37-19-18-23(41)20-22-15-13-12-14-16-22)38-30(43)27-26-24(36(26,8)9)21-40(27)32(45)29(34(2,3)4)39-33(46)47-35(5,6)7/h10,12-16,24-27,29H,1,11,17-21H2,2-9H3,(H,37,44)(H,38,43)(H,39,46)/t24-,25-,26-,27-,29+/m0/s1. The molecule has 0 bridgehead atoms. The lowest BCUT2D eigenvalue weighted by Gasteiger charge is -2.38. The first kappa shape index (κ1) is 37.4. The van der Waals surface area contributed by atoms with Crippen LogP contribution < -0.4 is 16.0 Å². The molecule has 4 amide bonds. The number of hydrogen-bond acceptors (Lipinski definition) is 7. The molecule has 47 heavy (non-hydrogen) atoms. The van der Waals surface area contributed by atoms with E-state index in [4.69, 9.17) is 4.74 Å². The molecular weight excluding hydrogens is 600 g/mol. The van der Waals surface area contributed by atoms with Gasteiger partial charge in [0.25, 0.3) is 5.91 Å². The van der Waals surface area contributed by atoms with Crippen molar-refractivity contribution >= 4 is 35.4 Å². The van der Waals surface area contributed by atoms with Crippen LogP contribution in [0.25, 0.3) is 0 Å². The lowest BCUT2D eigenvalue weighted by molar-refractivity contribution is -0.145. The number of benzene rings is 1. The van der Waals surface area contributed by atoms with Gasteiger partial charge in [-0.3, -0.25) is 24.0 Å². The van der Waals surface area contributed by atoms with Gasteiger partial charge < -0.3 is 25.6 Å². The van der Waals surface area contributed by atoms with Gasteiger partial charge in [-0.1, -0.05) is 71.0 Å². The SMILES string of the molecule is C=CCC[C@H](NC(=O)[C@@H]1[C@@H]2[C@H](CN1C(=O)[C@@H](NC(=O)OC(C)(C)C)C(C)(C)C)C2(C)C)C(=O)C(=O)NCCC(=O)Cc1ccccc1. The lowest BCUT2D eigenvalue weighted by atomic mass is 9.85. The van der Waals surface area contributed by atoms with Gasteiger partial charge in [0.15, 0.2) is 0 Å². The van der Waals surface area contributed by atoms with E-state index in [1.165, 1.54) is 4.90 Å². The minimum Gasteiger partial charge on any atom is -0.444 e. The topological polar surface area (TPSA) is 151 Å². The van der Waals surface area contributed by atoms with Crippen LogP contribution in [0.4, 0.5) is 4.79 Å². The fourth-order valence-corrected chi connectivity index (χ4v) is 6.34. The van der Waals surface area contributed by atoms with Crippen LogP contribution in [0.1, 0.15) is 80.2 Å². The van der Waals surface area contributed by atoms with Gasteiger partial charge in [-0.25, -0.2) is 4.79 Å². The molecule has 1 aromatic rings. The van der Waals surface area contributed by atoms with Crippen LogP contribution in [0.2, 0.25) is 0 Å². The number of piperidine rings is 1. The average molecular weight is 653 g/mol. The number of Topliss-reactive ketones (excluding diaryl/α,β-unsaturated/α-hetero) is 2. The summed E-state index contributed by atoms with van der Waals surface area (Å²) in [6.45, 7) is 18.7. The molecule has 3 N–H and O–H groups in total. The smallest absolute Gasteiger partial charge is 0.408 e. The highest BCUT2D eigenvalue weighted by molar-refractivity contribution is 6.38. The molecule has 3 rings (SSSR count). The molecule has 1 aromatic carbocycles. The van der Waals surface area contributed by atoms with Crippen molar-refractivity contribution in [3.63, 3.8) is 0 Å². The minimum atomic E-state index is -1.16. The van der Waals surface area contributed by atoms with E-state index in [1.807, 2.05) is 65.0 Å². The minimum absolute atomic E-state index is 0.0138. The summed E-state index contributed by atoms with van der Waals surface area (Å²) < 4.78 is 5.42. The molecule has 1 saturated heterocycles. The summed E-state index contributed by atoms with van der Waals surface area (Å²) in [5, 5.41) is 8.00. The molecule has 1 aliphatic carbocycles. The van der Waals surface area contributed by atoms with Crippen molar-refractivity contribution in [1.29, 1.82) is 0 Å². The Morgan fingerprint density at radius 1 is 1.02 bits per heavy atom. The number of fused-ring (bicyclic) bond motifs is 1. The molecule has 1 aliphatic heterocycles. The molecule has 0 aromatic heterocycles. The van der Waals surface area contributed by atoms with Crippen molar-refractivity contribution < 1.29 is 33.5 Å². The average Bonchev–Trinajstić information content (AvgIpc) is 3.27. The number of amides is 4. The van der Waals surface area contributed by atoms with Crippen molar-refractivity contribution in [2.24, 2.45) is 22.7 Å². The molecule has 0 spiro atoms. The van der Waals surface area contributed by atoms with E-state index in [0.717, 1.165) is 5.56 Å². The normalized spacial score (nSPS) is 21.0. The van der Waals surface area contributed by atoms with Gasteiger partial charge in [0.05, 0.1) is 6.04 Å². The zero-order valence-electron chi connectivity index (χ0n) is 29.1. The monoisotopic (exact) mass is 652 g/mol. The molecule has 1 saturated carbocycles. The summed E-state index contributed by atoms with van der Waals surface area (Å²) in [7, 11) is 0. The van der Waals surface area contributed by atoms with Crippen LogP contribution in [-0.4, -0.2) is 77.1 Å². The molecule has 2 aliphatic rings. The van der Waals surface area contributed by atoms with Crippen LogP contribution in [-0.2, 0) is 35.1 Å². The Morgan fingerprint density at radius 2 is 1.66 bits per heavy atom. The number of carbonyl (C=O) groups excluding carboxylic acids is 6. The zero-order valence-corrected chi connectivity index (χ0v) is 29.1. The largest absolute Gasteiger partial charge is 0.444 e. The Balaban J connectivity index is 1.72. The summed E-state index contributed by atoms with van der Waals surface area (Å²) >= 11 is 0. The van der Waals surface area contributed by atoms with Crippen molar-refractivity contribution in [3.05, 3.63) is 48.6 Å². The molecule has 11 heteroatoms. The molecule has 0 unspecified atom stereocenters. The second-order valence-electron chi connectivity index (χ2n) is 15.3.